The molecule has 0 radical (unpaired) electrons. The van der Waals surface area contributed by atoms with E-state index in [1.165, 1.54) is 0 Å². The molecule has 2 nitrogen and oxygen atoms in total. The van der Waals surface area contributed by atoms with Crippen molar-refractivity contribution in [2.45, 2.75) is 38.2 Å². The zero-order valence-electron chi connectivity index (χ0n) is 10.9. The fourth-order valence-electron chi connectivity index (χ4n) is 2.26. The largest absolute Gasteiger partial charge is 0.497 e. The molecule has 3 atom stereocenters. The summed E-state index contributed by atoms with van der Waals surface area (Å²) >= 11 is 9.80. The zero-order chi connectivity index (χ0) is 13.3. The maximum atomic E-state index is 6.29. The number of alkyl halides is 1. The molecule has 0 heterocycles. The first-order chi connectivity index (χ1) is 8.51. The van der Waals surface area contributed by atoms with Gasteiger partial charge in [0.2, 0.25) is 0 Å². The molecule has 1 aliphatic rings. The van der Waals surface area contributed by atoms with Gasteiger partial charge in [0.05, 0.1) is 11.6 Å². The summed E-state index contributed by atoms with van der Waals surface area (Å²) in [6, 6.07) is 5.75. The van der Waals surface area contributed by atoms with Crippen molar-refractivity contribution in [3.8, 4) is 11.5 Å². The van der Waals surface area contributed by atoms with Crippen LogP contribution in [0.3, 0.4) is 0 Å². The van der Waals surface area contributed by atoms with Crippen LogP contribution < -0.4 is 9.47 Å². The number of hydrogen-bond donors (Lipinski definition) is 0. The van der Waals surface area contributed by atoms with Gasteiger partial charge in [0.15, 0.2) is 0 Å². The van der Waals surface area contributed by atoms with Crippen molar-refractivity contribution >= 4 is 27.5 Å². The number of benzene rings is 1. The summed E-state index contributed by atoms with van der Waals surface area (Å²) in [5.74, 6) is 1.67. The van der Waals surface area contributed by atoms with Crippen LogP contribution in [0.25, 0.3) is 0 Å². The molecular weight excluding hydrogens is 316 g/mol. The van der Waals surface area contributed by atoms with E-state index in [0.29, 0.717) is 0 Å². The third kappa shape index (κ3) is 2.35. The molecule has 0 spiro atoms. The quantitative estimate of drug-likeness (QED) is 0.748. The molecule has 2 rings (SSSR count). The summed E-state index contributed by atoms with van der Waals surface area (Å²) in [5.41, 5.74) is 0.0704. The van der Waals surface area contributed by atoms with Crippen LogP contribution in [0, 0.1) is 5.41 Å². The fourth-order valence-corrected chi connectivity index (χ4v) is 3.16. The van der Waals surface area contributed by atoms with E-state index in [2.05, 4.69) is 29.8 Å². The highest BCUT2D eigenvalue weighted by Gasteiger charge is 2.51. The van der Waals surface area contributed by atoms with Gasteiger partial charge in [-0.2, -0.15) is 0 Å². The van der Waals surface area contributed by atoms with Crippen molar-refractivity contribution in [3.05, 3.63) is 22.7 Å². The van der Waals surface area contributed by atoms with Gasteiger partial charge >= 0.3 is 0 Å². The standard InChI is InChI=1S/C14H18BrClO2/c1-4-14(2)12(16)8-13(14)18-11-6-5-9(17-3)7-10(11)15/h5-7,12-13H,4,8H2,1-3H3. The van der Waals surface area contributed by atoms with Gasteiger partial charge in [-0.3, -0.25) is 0 Å². The topological polar surface area (TPSA) is 18.5 Å². The van der Waals surface area contributed by atoms with E-state index >= 15 is 0 Å². The lowest BCUT2D eigenvalue weighted by Crippen LogP contribution is -2.55. The van der Waals surface area contributed by atoms with Gasteiger partial charge in [-0.25, -0.2) is 0 Å². The monoisotopic (exact) mass is 332 g/mol. The molecule has 1 aromatic carbocycles. The molecule has 0 aromatic heterocycles. The number of halogens is 2. The van der Waals surface area contributed by atoms with Gasteiger partial charge in [-0.15, -0.1) is 11.6 Å². The Morgan fingerprint density at radius 1 is 1.50 bits per heavy atom. The molecule has 0 aliphatic heterocycles. The Balaban J connectivity index is 2.11. The van der Waals surface area contributed by atoms with Gasteiger partial charge in [0, 0.05) is 17.2 Å². The third-order valence-electron chi connectivity index (χ3n) is 4.04. The lowest BCUT2D eigenvalue weighted by molar-refractivity contribution is -0.0299. The number of ether oxygens (including phenoxy) is 2. The Kier molecular flexibility index (Phi) is 4.12. The molecule has 1 aliphatic carbocycles. The SMILES string of the molecule is CCC1(C)C(Cl)CC1Oc1ccc(OC)cc1Br. The van der Waals surface area contributed by atoms with E-state index in [-0.39, 0.29) is 16.9 Å². The molecule has 0 saturated heterocycles. The normalized spacial score (nSPS) is 30.7. The van der Waals surface area contributed by atoms with Crippen LogP contribution >= 0.6 is 27.5 Å². The predicted octanol–water partition coefficient (Wildman–Crippen LogP) is 4.63. The lowest BCUT2D eigenvalue weighted by Gasteiger charge is -2.50. The summed E-state index contributed by atoms with van der Waals surface area (Å²) in [6.45, 7) is 4.35. The van der Waals surface area contributed by atoms with E-state index in [0.717, 1.165) is 28.8 Å². The van der Waals surface area contributed by atoms with Crippen LogP contribution in [0.4, 0.5) is 0 Å². The molecular formula is C14H18BrClO2. The molecule has 1 saturated carbocycles. The molecule has 100 valence electrons. The second kappa shape index (κ2) is 5.30. The minimum atomic E-state index is 0.0704. The van der Waals surface area contributed by atoms with Crippen LogP contribution in [0.2, 0.25) is 0 Å². The summed E-state index contributed by atoms with van der Waals surface area (Å²) < 4.78 is 12.2. The highest BCUT2D eigenvalue weighted by atomic mass is 79.9. The first-order valence-corrected chi connectivity index (χ1v) is 7.38. The van der Waals surface area contributed by atoms with E-state index < -0.39 is 0 Å². The number of methoxy groups -OCH3 is 1. The maximum absolute atomic E-state index is 6.29. The molecule has 4 heteroatoms. The Hall–Kier alpha value is -0.410. The smallest absolute Gasteiger partial charge is 0.134 e. The second-order valence-electron chi connectivity index (χ2n) is 4.97. The Bertz CT molecular complexity index is 438. The van der Waals surface area contributed by atoms with E-state index in [4.69, 9.17) is 21.1 Å². The summed E-state index contributed by atoms with van der Waals surface area (Å²) in [4.78, 5) is 0. The predicted molar refractivity (Wildman–Crippen MR) is 77.8 cm³/mol. The lowest BCUT2D eigenvalue weighted by atomic mass is 9.65. The van der Waals surface area contributed by atoms with Gasteiger partial charge in [-0.05, 0) is 40.5 Å². The summed E-state index contributed by atoms with van der Waals surface area (Å²) in [7, 11) is 1.65. The van der Waals surface area contributed by atoms with Crippen LogP contribution in [0.15, 0.2) is 22.7 Å². The van der Waals surface area contributed by atoms with E-state index in [9.17, 15) is 0 Å². The molecule has 0 bridgehead atoms. The molecule has 1 aromatic rings. The van der Waals surface area contributed by atoms with Crippen molar-refractivity contribution in [3.63, 3.8) is 0 Å². The fraction of sp³-hybridized carbons (Fsp3) is 0.571. The van der Waals surface area contributed by atoms with Crippen molar-refractivity contribution in [1.82, 2.24) is 0 Å². The van der Waals surface area contributed by atoms with Gasteiger partial charge in [-0.1, -0.05) is 13.8 Å². The van der Waals surface area contributed by atoms with Gasteiger partial charge < -0.3 is 9.47 Å². The Morgan fingerprint density at radius 2 is 2.22 bits per heavy atom. The third-order valence-corrected chi connectivity index (χ3v) is 5.34. The van der Waals surface area contributed by atoms with Crippen molar-refractivity contribution in [2.75, 3.05) is 7.11 Å². The molecule has 1 fully saturated rings. The molecule has 3 unspecified atom stereocenters. The number of rotatable bonds is 4. The minimum absolute atomic E-state index is 0.0704. The average Bonchev–Trinajstić information content (AvgIpc) is 2.39. The van der Waals surface area contributed by atoms with E-state index in [1.54, 1.807) is 7.11 Å². The number of hydrogen-bond acceptors (Lipinski definition) is 2. The van der Waals surface area contributed by atoms with E-state index in [1.807, 2.05) is 18.2 Å². The molecule has 18 heavy (non-hydrogen) atoms. The van der Waals surface area contributed by atoms with Gasteiger partial charge in [0.1, 0.15) is 17.6 Å². The Labute approximate surface area is 122 Å². The van der Waals surface area contributed by atoms with Crippen LogP contribution in [0.1, 0.15) is 26.7 Å². The maximum Gasteiger partial charge on any atom is 0.134 e. The zero-order valence-corrected chi connectivity index (χ0v) is 13.2. The Morgan fingerprint density at radius 3 is 2.72 bits per heavy atom. The molecule has 0 N–H and O–H groups in total. The first kappa shape index (κ1) is 14.0. The van der Waals surface area contributed by atoms with Crippen LogP contribution in [0.5, 0.6) is 11.5 Å². The average molecular weight is 334 g/mol. The van der Waals surface area contributed by atoms with Crippen LogP contribution in [-0.4, -0.2) is 18.6 Å². The van der Waals surface area contributed by atoms with Crippen molar-refractivity contribution in [1.29, 1.82) is 0 Å². The molecule has 0 amide bonds. The second-order valence-corrected chi connectivity index (χ2v) is 6.35. The highest BCUT2D eigenvalue weighted by Crippen LogP contribution is 2.49. The van der Waals surface area contributed by atoms with Crippen molar-refractivity contribution in [2.24, 2.45) is 5.41 Å². The van der Waals surface area contributed by atoms with Crippen LogP contribution in [-0.2, 0) is 0 Å². The summed E-state index contributed by atoms with van der Waals surface area (Å²) in [6.07, 6.45) is 2.12. The van der Waals surface area contributed by atoms with Crippen molar-refractivity contribution < 1.29 is 9.47 Å². The highest BCUT2D eigenvalue weighted by molar-refractivity contribution is 9.10. The summed E-state index contributed by atoms with van der Waals surface area (Å²) in [5, 5.41) is 0.213. The van der Waals surface area contributed by atoms with Gasteiger partial charge in [0.25, 0.3) is 0 Å². The minimum Gasteiger partial charge on any atom is -0.497 e. The first-order valence-electron chi connectivity index (χ1n) is 6.15.